The van der Waals surface area contributed by atoms with Crippen molar-refractivity contribution in [2.75, 3.05) is 14.2 Å². The van der Waals surface area contributed by atoms with Gasteiger partial charge in [0.25, 0.3) is 0 Å². The van der Waals surface area contributed by atoms with Crippen molar-refractivity contribution < 1.29 is 9.53 Å². The monoisotopic (exact) mass is 334 g/mol. The van der Waals surface area contributed by atoms with Gasteiger partial charge in [0.05, 0.1) is 13.2 Å². The van der Waals surface area contributed by atoms with Gasteiger partial charge in [0.15, 0.2) is 0 Å². The second-order valence-electron chi connectivity index (χ2n) is 5.99. The predicted octanol–water partition coefficient (Wildman–Crippen LogP) is 3.10. The molecule has 0 aliphatic heterocycles. The van der Waals surface area contributed by atoms with Crippen LogP contribution in [0.5, 0.6) is 5.75 Å². The maximum absolute atomic E-state index is 12.3. The minimum Gasteiger partial charge on any atom is -0.496 e. The Morgan fingerprint density at radius 3 is 2.48 bits per heavy atom. The number of carbonyl (C=O) groups is 1. The lowest BCUT2D eigenvalue weighted by Gasteiger charge is -2.30. The zero-order valence-corrected chi connectivity index (χ0v) is 14.7. The molecule has 0 aliphatic carbocycles. The summed E-state index contributed by atoms with van der Waals surface area (Å²) in [4.78, 5) is 13.9. The minimum absolute atomic E-state index is 0. The quantitative estimate of drug-likeness (QED) is 0.920. The van der Waals surface area contributed by atoms with E-state index in [1.807, 2.05) is 20.8 Å². The fourth-order valence-corrected chi connectivity index (χ4v) is 2.01. The summed E-state index contributed by atoms with van der Waals surface area (Å²) in [5.41, 5.74) is 6.59. The fourth-order valence-electron chi connectivity index (χ4n) is 1.81. The molecular weight excluding hydrogens is 311 g/mol. The van der Waals surface area contributed by atoms with E-state index in [0.29, 0.717) is 17.3 Å². The molecule has 0 radical (unpaired) electrons. The van der Waals surface area contributed by atoms with Crippen LogP contribution in [0.2, 0.25) is 5.02 Å². The molecule has 4 nitrogen and oxygen atoms in total. The van der Waals surface area contributed by atoms with E-state index in [1.165, 1.54) is 0 Å². The van der Waals surface area contributed by atoms with Gasteiger partial charge in [0, 0.05) is 24.2 Å². The van der Waals surface area contributed by atoms with E-state index in [2.05, 4.69) is 0 Å². The first-order valence-electron chi connectivity index (χ1n) is 6.49. The first-order chi connectivity index (χ1) is 9.16. The van der Waals surface area contributed by atoms with Crippen LogP contribution in [0.3, 0.4) is 0 Å². The lowest BCUT2D eigenvalue weighted by atomic mass is 9.86. The number of hydrogen-bond donors (Lipinski definition) is 1. The Morgan fingerprint density at radius 2 is 2.00 bits per heavy atom. The maximum atomic E-state index is 12.3. The van der Waals surface area contributed by atoms with Crippen molar-refractivity contribution >= 4 is 29.9 Å². The number of benzene rings is 1. The predicted molar refractivity (Wildman–Crippen MR) is 89.2 cm³/mol. The highest BCUT2D eigenvalue weighted by Gasteiger charge is 2.29. The van der Waals surface area contributed by atoms with E-state index in [1.54, 1.807) is 37.3 Å². The van der Waals surface area contributed by atoms with Gasteiger partial charge in [0.1, 0.15) is 5.75 Å². The smallest absolute Gasteiger partial charge is 0.240 e. The highest BCUT2D eigenvalue weighted by Crippen LogP contribution is 2.25. The van der Waals surface area contributed by atoms with E-state index < -0.39 is 6.04 Å². The van der Waals surface area contributed by atoms with Crippen molar-refractivity contribution in [3.8, 4) is 5.75 Å². The van der Waals surface area contributed by atoms with E-state index >= 15 is 0 Å². The van der Waals surface area contributed by atoms with Crippen LogP contribution >= 0.6 is 24.0 Å². The number of rotatable bonds is 4. The highest BCUT2D eigenvalue weighted by atomic mass is 35.5. The summed E-state index contributed by atoms with van der Waals surface area (Å²) in [7, 11) is 3.32. The van der Waals surface area contributed by atoms with Crippen molar-refractivity contribution in [2.24, 2.45) is 11.1 Å². The van der Waals surface area contributed by atoms with Crippen LogP contribution < -0.4 is 10.5 Å². The van der Waals surface area contributed by atoms with Gasteiger partial charge in [-0.3, -0.25) is 4.79 Å². The van der Waals surface area contributed by atoms with Crippen LogP contribution in [0.1, 0.15) is 26.3 Å². The van der Waals surface area contributed by atoms with Gasteiger partial charge >= 0.3 is 0 Å². The SMILES string of the molecule is COc1ccc(Cl)cc1CN(C)C(=O)[C@@H](N)C(C)(C)C.Cl. The summed E-state index contributed by atoms with van der Waals surface area (Å²) in [5.74, 6) is 0.609. The summed E-state index contributed by atoms with van der Waals surface area (Å²) in [6.07, 6.45) is 0. The summed E-state index contributed by atoms with van der Waals surface area (Å²) in [6, 6.07) is 4.80. The molecule has 0 saturated heterocycles. The fraction of sp³-hybridized carbons (Fsp3) is 0.533. The number of carbonyl (C=O) groups excluding carboxylic acids is 1. The van der Waals surface area contributed by atoms with Crippen LogP contribution in [0, 0.1) is 5.41 Å². The Hall–Kier alpha value is -0.970. The number of halogens is 2. The van der Waals surface area contributed by atoms with Crippen molar-refractivity contribution in [1.29, 1.82) is 0 Å². The molecule has 120 valence electrons. The van der Waals surface area contributed by atoms with E-state index in [4.69, 9.17) is 22.1 Å². The number of likely N-dealkylation sites (N-methyl/N-ethyl adjacent to an activating group) is 1. The summed E-state index contributed by atoms with van der Waals surface area (Å²) < 4.78 is 5.28. The van der Waals surface area contributed by atoms with Gasteiger partial charge in [-0.15, -0.1) is 12.4 Å². The minimum atomic E-state index is -0.544. The number of amides is 1. The molecule has 1 atom stereocenters. The summed E-state index contributed by atoms with van der Waals surface area (Å²) >= 11 is 5.99. The molecule has 0 bridgehead atoms. The molecule has 1 rings (SSSR count). The molecule has 1 aromatic rings. The second-order valence-corrected chi connectivity index (χ2v) is 6.43. The topological polar surface area (TPSA) is 55.6 Å². The zero-order valence-electron chi connectivity index (χ0n) is 13.1. The molecule has 0 saturated carbocycles. The van der Waals surface area contributed by atoms with Crippen LogP contribution in [0.15, 0.2) is 18.2 Å². The largest absolute Gasteiger partial charge is 0.496 e. The molecule has 1 amide bonds. The average Bonchev–Trinajstić information content (AvgIpc) is 2.36. The van der Waals surface area contributed by atoms with Crippen LogP contribution in [-0.2, 0) is 11.3 Å². The van der Waals surface area contributed by atoms with Crippen LogP contribution in [-0.4, -0.2) is 31.0 Å². The van der Waals surface area contributed by atoms with Crippen molar-refractivity contribution in [3.63, 3.8) is 0 Å². The first kappa shape index (κ1) is 20.0. The number of hydrogen-bond acceptors (Lipinski definition) is 3. The summed E-state index contributed by atoms with van der Waals surface area (Å²) in [6.45, 7) is 6.25. The van der Waals surface area contributed by atoms with Crippen molar-refractivity contribution in [2.45, 2.75) is 33.4 Å². The third-order valence-corrected chi connectivity index (χ3v) is 3.46. The average molecular weight is 335 g/mol. The molecular formula is C15H24Cl2N2O2. The van der Waals surface area contributed by atoms with Crippen molar-refractivity contribution in [1.82, 2.24) is 4.90 Å². The Kier molecular flexibility index (Phi) is 7.51. The maximum Gasteiger partial charge on any atom is 0.240 e. The first-order valence-corrected chi connectivity index (χ1v) is 6.87. The van der Waals surface area contributed by atoms with Gasteiger partial charge in [-0.1, -0.05) is 32.4 Å². The van der Waals surface area contributed by atoms with Gasteiger partial charge in [-0.25, -0.2) is 0 Å². The Bertz CT molecular complexity index is 487. The molecule has 0 aliphatic rings. The molecule has 0 heterocycles. The highest BCUT2D eigenvalue weighted by molar-refractivity contribution is 6.30. The molecule has 0 aromatic heterocycles. The molecule has 6 heteroatoms. The third-order valence-electron chi connectivity index (χ3n) is 3.23. The molecule has 0 fully saturated rings. The van der Waals surface area contributed by atoms with E-state index in [0.717, 1.165) is 5.56 Å². The Labute approximate surface area is 138 Å². The number of nitrogens with two attached hydrogens (primary N) is 1. The zero-order chi connectivity index (χ0) is 15.5. The molecule has 1 aromatic carbocycles. The number of nitrogens with zero attached hydrogens (tertiary/aromatic N) is 1. The van der Waals surface area contributed by atoms with E-state index in [-0.39, 0.29) is 23.7 Å². The third kappa shape index (κ3) is 5.38. The molecule has 0 unspecified atom stereocenters. The normalized spacial score (nSPS) is 12.3. The van der Waals surface area contributed by atoms with Crippen LogP contribution in [0.4, 0.5) is 0 Å². The number of methoxy groups -OCH3 is 1. The van der Waals surface area contributed by atoms with Gasteiger partial charge in [0.2, 0.25) is 5.91 Å². The molecule has 0 spiro atoms. The summed E-state index contributed by atoms with van der Waals surface area (Å²) in [5, 5.41) is 0.613. The van der Waals surface area contributed by atoms with E-state index in [9.17, 15) is 4.79 Å². The lowest BCUT2D eigenvalue weighted by Crippen LogP contribution is -2.48. The second kappa shape index (κ2) is 7.87. The Balaban J connectivity index is 0.00000400. The number of ether oxygens (including phenoxy) is 1. The lowest BCUT2D eigenvalue weighted by molar-refractivity contribution is -0.134. The van der Waals surface area contributed by atoms with Gasteiger partial charge < -0.3 is 15.4 Å². The molecule has 2 N–H and O–H groups in total. The van der Waals surface area contributed by atoms with Gasteiger partial charge in [-0.2, -0.15) is 0 Å². The van der Waals surface area contributed by atoms with Crippen LogP contribution in [0.25, 0.3) is 0 Å². The Morgan fingerprint density at radius 1 is 1.43 bits per heavy atom. The van der Waals surface area contributed by atoms with Crippen molar-refractivity contribution in [3.05, 3.63) is 28.8 Å². The van der Waals surface area contributed by atoms with Gasteiger partial charge in [-0.05, 0) is 23.6 Å². The standard InChI is InChI=1S/C15H23ClN2O2.ClH/c1-15(2,3)13(17)14(19)18(4)9-10-8-11(16)6-7-12(10)20-5;/h6-8,13H,9,17H2,1-5H3;1H/t13-;/m1./s1. The molecule has 21 heavy (non-hydrogen) atoms.